The lowest BCUT2D eigenvalue weighted by molar-refractivity contribution is -0.195. The third-order valence-electron chi connectivity index (χ3n) is 6.40. The Bertz CT molecular complexity index is 1400. The maximum Gasteiger partial charge on any atom is 0.417 e. The molecule has 0 radical (unpaired) electrons. The smallest absolute Gasteiger partial charge is 0.396 e. The Morgan fingerprint density at radius 2 is 1.82 bits per heavy atom. The summed E-state index contributed by atoms with van der Waals surface area (Å²) in [4.78, 5) is 30.8. The summed E-state index contributed by atoms with van der Waals surface area (Å²) in [5.74, 6) is -5.71. The standard InChI is InChI=1S/C26H21ClF5N3O4/c27-16-6-7-20-19(13-16)24(39,10-12-36)25(28,29)9-11-35(20)23(38)15-5-8-21(33-14-15)34-22(37)17-3-1-2-4-18(17)26(30,31)32/h1-8,13-14,36,39H,9-12H2,(H,33,34,37). The average Bonchev–Trinajstić information content (AvgIpc) is 2.96. The topological polar surface area (TPSA) is 103 Å². The highest BCUT2D eigenvalue weighted by Gasteiger charge is 2.56. The highest BCUT2D eigenvalue weighted by molar-refractivity contribution is 6.30. The third-order valence-corrected chi connectivity index (χ3v) is 6.63. The van der Waals surface area contributed by atoms with Crippen LogP contribution in [0.25, 0.3) is 0 Å². The number of nitrogens with one attached hydrogen (secondary N) is 1. The van der Waals surface area contributed by atoms with Crippen LogP contribution in [0.15, 0.2) is 60.8 Å². The SMILES string of the molecule is O=C(Nc1ccc(C(=O)N2CCC(F)(F)C(O)(CCO)c3cc(Cl)ccc32)cn1)c1ccccc1C(F)(F)F. The number of hydrogen-bond donors (Lipinski definition) is 3. The average molecular weight is 570 g/mol. The highest BCUT2D eigenvalue weighted by atomic mass is 35.5. The number of rotatable bonds is 5. The van der Waals surface area contributed by atoms with Crippen molar-refractivity contribution in [3.8, 4) is 0 Å². The van der Waals surface area contributed by atoms with Gasteiger partial charge in [0.2, 0.25) is 0 Å². The van der Waals surface area contributed by atoms with Gasteiger partial charge in [0.15, 0.2) is 5.60 Å². The normalized spacial score (nSPS) is 18.7. The van der Waals surface area contributed by atoms with Crippen LogP contribution in [0.1, 0.15) is 44.7 Å². The van der Waals surface area contributed by atoms with E-state index in [4.69, 9.17) is 11.6 Å². The molecule has 0 bridgehead atoms. The van der Waals surface area contributed by atoms with Crippen molar-refractivity contribution in [1.82, 2.24) is 4.98 Å². The quantitative estimate of drug-likeness (QED) is 0.364. The number of aliphatic hydroxyl groups excluding tert-OH is 1. The van der Waals surface area contributed by atoms with E-state index in [-0.39, 0.29) is 27.7 Å². The van der Waals surface area contributed by atoms with Crippen LogP contribution in [-0.2, 0) is 11.8 Å². The zero-order valence-electron chi connectivity index (χ0n) is 20.0. The number of amides is 2. The van der Waals surface area contributed by atoms with E-state index in [0.29, 0.717) is 0 Å². The van der Waals surface area contributed by atoms with E-state index in [1.54, 1.807) is 0 Å². The Morgan fingerprint density at radius 3 is 2.46 bits per heavy atom. The van der Waals surface area contributed by atoms with Crippen molar-refractivity contribution in [3.05, 3.63) is 88.1 Å². The van der Waals surface area contributed by atoms with Gasteiger partial charge in [-0.25, -0.2) is 13.8 Å². The molecule has 1 aromatic heterocycles. The molecule has 3 aromatic rings. The highest BCUT2D eigenvalue weighted by Crippen LogP contribution is 2.49. The Labute approximate surface area is 223 Å². The number of hydrogen-bond acceptors (Lipinski definition) is 5. The van der Waals surface area contributed by atoms with E-state index in [0.717, 1.165) is 35.4 Å². The Hall–Kier alpha value is -3.61. The Balaban J connectivity index is 1.62. The number of anilines is 2. The number of alkyl halides is 5. The van der Waals surface area contributed by atoms with Gasteiger partial charge >= 0.3 is 6.18 Å². The molecule has 2 heterocycles. The number of halogens is 6. The first-order valence-electron chi connectivity index (χ1n) is 11.5. The largest absolute Gasteiger partial charge is 0.417 e. The molecule has 39 heavy (non-hydrogen) atoms. The number of aromatic nitrogens is 1. The molecule has 0 spiro atoms. The van der Waals surface area contributed by atoms with Gasteiger partial charge in [-0.2, -0.15) is 13.2 Å². The second kappa shape index (κ2) is 10.5. The molecule has 0 aliphatic carbocycles. The number of nitrogens with zero attached hydrogens (tertiary/aromatic N) is 2. The van der Waals surface area contributed by atoms with Crippen molar-refractivity contribution in [2.75, 3.05) is 23.4 Å². The predicted molar refractivity (Wildman–Crippen MR) is 132 cm³/mol. The number of fused-ring (bicyclic) bond motifs is 1. The zero-order valence-corrected chi connectivity index (χ0v) is 20.7. The lowest BCUT2D eigenvalue weighted by Crippen LogP contribution is -2.46. The first kappa shape index (κ1) is 28.4. The van der Waals surface area contributed by atoms with Crippen LogP contribution in [-0.4, -0.2) is 46.1 Å². The molecule has 206 valence electrons. The van der Waals surface area contributed by atoms with Gasteiger partial charge in [-0.15, -0.1) is 0 Å². The van der Waals surface area contributed by atoms with Gasteiger partial charge < -0.3 is 20.4 Å². The molecular formula is C26H21ClF5N3O4. The summed E-state index contributed by atoms with van der Waals surface area (Å²) in [6.07, 6.45) is -5.36. The molecule has 0 saturated heterocycles. The van der Waals surface area contributed by atoms with Crippen molar-refractivity contribution in [3.63, 3.8) is 0 Å². The molecule has 4 rings (SSSR count). The van der Waals surface area contributed by atoms with E-state index in [1.165, 1.54) is 30.3 Å². The van der Waals surface area contributed by atoms with Crippen molar-refractivity contribution < 1.29 is 41.8 Å². The van der Waals surface area contributed by atoms with Gasteiger partial charge in [-0.3, -0.25) is 9.59 Å². The van der Waals surface area contributed by atoms with E-state index < -0.39 is 66.6 Å². The molecule has 1 aliphatic rings. The molecule has 3 N–H and O–H groups in total. The second-order valence-corrected chi connectivity index (χ2v) is 9.27. The van der Waals surface area contributed by atoms with Crippen LogP contribution in [0, 0.1) is 0 Å². The molecule has 13 heteroatoms. The molecule has 2 aromatic carbocycles. The van der Waals surface area contributed by atoms with Crippen LogP contribution in [0.4, 0.5) is 33.5 Å². The minimum atomic E-state index is -4.76. The maximum absolute atomic E-state index is 15.1. The first-order valence-corrected chi connectivity index (χ1v) is 11.9. The fourth-order valence-electron chi connectivity index (χ4n) is 4.40. The summed E-state index contributed by atoms with van der Waals surface area (Å²) in [6, 6.07) is 10.4. The molecule has 2 amide bonds. The van der Waals surface area contributed by atoms with Crippen LogP contribution >= 0.6 is 11.6 Å². The number of aliphatic hydroxyl groups is 2. The van der Waals surface area contributed by atoms with Gasteiger partial charge in [0, 0.05) is 42.8 Å². The van der Waals surface area contributed by atoms with Gasteiger partial charge in [0.05, 0.1) is 22.4 Å². The fraction of sp³-hybridized carbons (Fsp3) is 0.269. The summed E-state index contributed by atoms with van der Waals surface area (Å²) in [5.41, 5.74) is -5.01. The zero-order chi connectivity index (χ0) is 28.6. The monoisotopic (exact) mass is 569 g/mol. The fourth-order valence-corrected chi connectivity index (χ4v) is 4.58. The van der Waals surface area contributed by atoms with Crippen molar-refractivity contribution in [1.29, 1.82) is 0 Å². The van der Waals surface area contributed by atoms with Crippen LogP contribution in [0.3, 0.4) is 0 Å². The third kappa shape index (κ3) is 5.45. The number of carbonyl (C=O) groups is 2. The summed E-state index contributed by atoms with van der Waals surface area (Å²) in [6.45, 7) is -1.25. The molecule has 1 aliphatic heterocycles. The van der Waals surface area contributed by atoms with E-state index in [1.807, 2.05) is 0 Å². The van der Waals surface area contributed by atoms with Crippen molar-refractivity contribution in [2.24, 2.45) is 0 Å². The molecule has 1 atom stereocenters. The molecular weight excluding hydrogens is 549 g/mol. The van der Waals surface area contributed by atoms with Crippen LogP contribution < -0.4 is 10.2 Å². The first-order chi connectivity index (χ1) is 18.3. The lowest BCUT2D eigenvalue weighted by Gasteiger charge is -2.35. The molecule has 0 fully saturated rings. The minimum Gasteiger partial charge on any atom is -0.396 e. The molecule has 0 saturated carbocycles. The van der Waals surface area contributed by atoms with Crippen LogP contribution in [0.2, 0.25) is 5.02 Å². The maximum atomic E-state index is 15.1. The number of carbonyl (C=O) groups excluding carboxylic acids is 2. The van der Waals surface area contributed by atoms with Crippen molar-refractivity contribution >= 4 is 34.9 Å². The summed E-state index contributed by atoms with van der Waals surface area (Å²) in [5, 5.41) is 22.6. The van der Waals surface area contributed by atoms with Gasteiger partial charge in [-0.05, 0) is 42.5 Å². The van der Waals surface area contributed by atoms with E-state index >= 15 is 8.78 Å². The Morgan fingerprint density at radius 1 is 1.10 bits per heavy atom. The number of pyridine rings is 1. The molecule has 7 nitrogen and oxygen atoms in total. The van der Waals surface area contributed by atoms with Gasteiger partial charge in [-0.1, -0.05) is 23.7 Å². The Kier molecular flexibility index (Phi) is 7.66. The predicted octanol–water partition coefficient (Wildman–Crippen LogP) is 5.26. The molecule has 1 unspecified atom stereocenters. The lowest BCUT2D eigenvalue weighted by atomic mass is 9.83. The van der Waals surface area contributed by atoms with E-state index in [9.17, 15) is 33.0 Å². The van der Waals surface area contributed by atoms with Gasteiger partial charge in [0.25, 0.3) is 17.7 Å². The summed E-state index contributed by atoms with van der Waals surface area (Å²) in [7, 11) is 0. The second-order valence-electron chi connectivity index (χ2n) is 8.84. The number of benzene rings is 2. The summed E-state index contributed by atoms with van der Waals surface area (Å²) >= 11 is 6.00. The van der Waals surface area contributed by atoms with Crippen molar-refractivity contribution in [2.45, 2.75) is 30.5 Å². The minimum absolute atomic E-state index is 0.0315. The summed E-state index contributed by atoms with van der Waals surface area (Å²) < 4.78 is 69.9. The van der Waals surface area contributed by atoms with E-state index in [2.05, 4.69) is 10.3 Å². The van der Waals surface area contributed by atoms with Crippen LogP contribution in [0.5, 0.6) is 0 Å². The van der Waals surface area contributed by atoms with Gasteiger partial charge in [0.1, 0.15) is 5.82 Å².